The van der Waals surface area contributed by atoms with E-state index < -0.39 is 0 Å². The molecule has 3 heterocycles. The van der Waals surface area contributed by atoms with Crippen LogP contribution >= 0.6 is 0 Å². The molecule has 4 rings (SSSR count). The topological polar surface area (TPSA) is 65.7 Å². The fourth-order valence-corrected chi connectivity index (χ4v) is 3.95. The minimum absolute atomic E-state index is 0.0135. The number of carbonyl (C=O) groups excluding carboxylic acids is 1. The lowest BCUT2D eigenvalue weighted by atomic mass is 10.1. The number of hydrogen-bond donors (Lipinski definition) is 0. The molecule has 2 aliphatic heterocycles. The molecular weight excluding hydrogens is 318 g/mol. The van der Waals surface area contributed by atoms with Crippen molar-refractivity contribution in [2.45, 2.75) is 57.5 Å². The Morgan fingerprint density at radius 1 is 1.04 bits per heavy atom. The number of carbonyl (C=O) groups is 1. The molecule has 0 bridgehead atoms. The van der Waals surface area contributed by atoms with Crippen molar-refractivity contribution >= 4 is 5.91 Å². The van der Waals surface area contributed by atoms with Crippen molar-refractivity contribution in [3.63, 3.8) is 0 Å². The molecule has 0 aromatic carbocycles. The second kappa shape index (κ2) is 7.03. The second-order valence-corrected chi connectivity index (χ2v) is 7.72. The summed E-state index contributed by atoms with van der Waals surface area (Å²) in [7, 11) is 0. The first kappa shape index (κ1) is 17.0. The zero-order valence-electron chi connectivity index (χ0n) is 15.4. The highest BCUT2D eigenvalue weighted by Gasteiger charge is 2.33. The Kier molecular flexibility index (Phi) is 4.78. The number of aromatic nitrogens is 2. The molecular formula is C18H29N5O2. The van der Waals surface area contributed by atoms with E-state index in [1.807, 2.05) is 4.90 Å². The largest absolute Gasteiger partial charge is 0.341 e. The Balaban J connectivity index is 1.30. The average molecular weight is 347 g/mol. The quantitative estimate of drug-likeness (QED) is 0.807. The molecule has 0 N–H and O–H groups in total. The van der Waals surface area contributed by atoms with Gasteiger partial charge < -0.3 is 9.42 Å². The highest BCUT2D eigenvalue weighted by Crippen LogP contribution is 2.38. The SMILES string of the molecule is C[C@H](c1nc(C2CC2)no1)N1CCN([C@@H](C)C(=O)N2CCCC2)CC1. The first-order valence-corrected chi connectivity index (χ1v) is 9.74. The van der Waals surface area contributed by atoms with E-state index in [1.54, 1.807) is 0 Å². The van der Waals surface area contributed by atoms with Gasteiger partial charge in [-0.05, 0) is 39.5 Å². The second-order valence-electron chi connectivity index (χ2n) is 7.72. The van der Waals surface area contributed by atoms with E-state index in [-0.39, 0.29) is 12.1 Å². The summed E-state index contributed by atoms with van der Waals surface area (Å²) < 4.78 is 5.48. The van der Waals surface area contributed by atoms with Crippen LogP contribution in [-0.2, 0) is 4.79 Å². The van der Waals surface area contributed by atoms with Crippen molar-refractivity contribution in [3.05, 3.63) is 11.7 Å². The van der Waals surface area contributed by atoms with Crippen LogP contribution in [0.3, 0.4) is 0 Å². The molecule has 138 valence electrons. The van der Waals surface area contributed by atoms with Crippen LogP contribution in [0.25, 0.3) is 0 Å². The van der Waals surface area contributed by atoms with E-state index in [0.29, 0.717) is 11.8 Å². The minimum Gasteiger partial charge on any atom is -0.341 e. The van der Waals surface area contributed by atoms with E-state index in [2.05, 4.69) is 33.8 Å². The van der Waals surface area contributed by atoms with E-state index in [9.17, 15) is 4.79 Å². The van der Waals surface area contributed by atoms with Gasteiger partial charge in [-0.3, -0.25) is 14.6 Å². The van der Waals surface area contributed by atoms with Gasteiger partial charge in [0.05, 0.1) is 12.1 Å². The fourth-order valence-electron chi connectivity index (χ4n) is 3.95. The van der Waals surface area contributed by atoms with Gasteiger partial charge in [0.2, 0.25) is 11.8 Å². The maximum Gasteiger partial charge on any atom is 0.243 e. The van der Waals surface area contributed by atoms with Crippen molar-refractivity contribution in [2.75, 3.05) is 39.3 Å². The van der Waals surface area contributed by atoms with Crippen LogP contribution in [0.15, 0.2) is 4.52 Å². The van der Waals surface area contributed by atoms with Gasteiger partial charge >= 0.3 is 0 Å². The Labute approximate surface area is 149 Å². The molecule has 7 nitrogen and oxygen atoms in total. The van der Waals surface area contributed by atoms with Crippen molar-refractivity contribution in [3.8, 4) is 0 Å². The lowest BCUT2D eigenvalue weighted by Crippen LogP contribution is -2.54. The number of piperazine rings is 1. The number of rotatable bonds is 5. The van der Waals surface area contributed by atoms with Crippen LogP contribution < -0.4 is 0 Å². The third-order valence-electron chi connectivity index (χ3n) is 5.98. The van der Waals surface area contributed by atoms with Crippen molar-refractivity contribution in [1.82, 2.24) is 24.8 Å². The Morgan fingerprint density at radius 3 is 2.32 bits per heavy atom. The standard InChI is InChI=1S/C18H29N5O2/c1-13(17-19-16(20-25-17)15-5-6-15)21-9-11-22(12-10-21)14(2)18(24)23-7-3-4-8-23/h13-15H,3-12H2,1-2H3/t13-,14+/m1/s1. The molecule has 3 aliphatic rings. The normalized spacial score (nSPS) is 25.3. The van der Waals surface area contributed by atoms with Gasteiger partial charge in [-0.1, -0.05) is 5.16 Å². The zero-order chi connectivity index (χ0) is 17.4. The summed E-state index contributed by atoms with van der Waals surface area (Å²) in [4.78, 5) is 23.9. The molecule has 3 fully saturated rings. The van der Waals surface area contributed by atoms with Crippen LogP contribution in [0.5, 0.6) is 0 Å². The smallest absolute Gasteiger partial charge is 0.243 e. The molecule has 0 unspecified atom stereocenters. The highest BCUT2D eigenvalue weighted by molar-refractivity contribution is 5.81. The molecule has 1 aliphatic carbocycles. The fraction of sp³-hybridized carbons (Fsp3) is 0.833. The monoisotopic (exact) mass is 347 g/mol. The number of likely N-dealkylation sites (tertiary alicyclic amines) is 1. The van der Waals surface area contributed by atoms with Gasteiger partial charge in [-0.25, -0.2) is 0 Å². The third-order valence-corrected chi connectivity index (χ3v) is 5.98. The van der Waals surface area contributed by atoms with Gasteiger partial charge in [0.1, 0.15) is 0 Å². The lowest BCUT2D eigenvalue weighted by molar-refractivity contribution is -0.136. The predicted molar refractivity (Wildman–Crippen MR) is 93.1 cm³/mol. The van der Waals surface area contributed by atoms with Crippen molar-refractivity contribution < 1.29 is 9.32 Å². The summed E-state index contributed by atoms with van der Waals surface area (Å²) >= 11 is 0. The molecule has 0 spiro atoms. The molecule has 1 aromatic heterocycles. The first-order chi connectivity index (χ1) is 12.1. The highest BCUT2D eigenvalue weighted by atomic mass is 16.5. The molecule has 7 heteroatoms. The zero-order valence-corrected chi connectivity index (χ0v) is 15.4. The van der Waals surface area contributed by atoms with Gasteiger partial charge in [-0.15, -0.1) is 0 Å². The minimum atomic E-state index is -0.0135. The van der Waals surface area contributed by atoms with E-state index in [0.717, 1.165) is 63.8 Å². The number of hydrogen-bond acceptors (Lipinski definition) is 6. The van der Waals surface area contributed by atoms with Crippen LogP contribution in [-0.4, -0.2) is 76.1 Å². The molecule has 1 aromatic rings. The summed E-state index contributed by atoms with van der Waals surface area (Å²) in [5.41, 5.74) is 0. The molecule has 1 amide bonds. The van der Waals surface area contributed by atoms with E-state index in [1.165, 1.54) is 12.8 Å². The van der Waals surface area contributed by atoms with Crippen LogP contribution in [0.4, 0.5) is 0 Å². The Morgan fingerprint density at radius 2 is 1.68 bits per heavy atom. The van der Waals surface area contributed by atoms with Gasteiger partial charge in [0, 0.05) is 45.2 Å². The van der Waals surface area contributed by atoms with Crippen LogP contribution in [0.1, 0.15) is 63.2 Å². The van der Waals surface area contributed by atoms with Crippen LogP contribution in [0.2, 0.25) is 0 Å². The summed E-state index contributed by atoms with van der Waals surface area (Å²) in [5, 5.41) is 4.13. The maximum atomic E-state index is 12.6. The molecule has 2 saturated heterocycles. The van der Waals surface area contributed by atoms with Crippen molar-refractivity contribution in [1.29, 1.82) is 0 Å². The summed E-state index contributed by atoms with van der Waals surface area (Å²) in [5.74, 6) is 2.44. The number of amides is 1. The third kappa shape index (κ3) is 3.58. The Bertz CT molecular complexity index is 600. The van der Waals surface area contributed by atoms with Crippen molar-refractivity contribution in [2.24, 2.45) is 0 Å². The van der Waals surface area contributed by atoms with Crippen LogP contribution in [0, 0.1) is 0 Å². The molecule has 1 saturated carbocycles. The van der Waals surface area contributed by atoms with E-state index >= 15 is 0 Å². The molecule has 2 atom stereocenters. The predicted octanol–water partition coefficient (Wildman–Crippen LogP) is 1.64. The Hall–Kier alpha value is -1.47. The molecule has 0 radical (unpaired) electrons. The first-order valence-electron chi connectivity index (χ1n) is 9.74. The van der Waals surface area contributed by atoms with Gasteiger partial charge in [0.15, 0.2) is 5.82 Å². The van der Waals surface area contributed by atoms with E-state index in [4.69, 9.17) is 4.52 Å². The maximum absolute atomic E-state index is 12.6. The van der Waals surface area contributed by atoms with Gasteiger partial charge in [-0.2, -0.15) is 4.98 Å². The summed E-state index contributed by atoms with van der Waals surface area (Å²) in [6.07, 6.45) is 4.68. The average Bonchev–Trinajstić information content (AvgIpc) is 3.15. The van der Waals surface area contributed by atoms with Gasteiger partial charge in [0.25, 0.3) is 0 Å². The lowest BCUT2D eigenvalue weighted by Gasteiger charge is -2.39. The molecule has 25 heavy (non-hydrogen) atoms. The summed E-state index contributed by atoms with van der Waals surface area (Å²) in [6.45, 7) is 9.74. The summed E-state index contributed by atoms with van der Waals surface area (Å²) in [6, 6.07) is 0.132. The number of nitrogens with zero attached hydrogens (tertiary/aromatic N) is 5.